The smallest absolute Gasteiger partial charge is 0.167 e. The van der Waals surface area contributed by atoms with Gasteiger partial charge in [-0.1, -0.05) is 12.1 Å². The molecule has 1 aliphatic rings. The lowest BCUT2D eigenvalue weighted by molar-refractivity contribution is -0.0511. The van der Waals surface area contributed by atoms with Crippen LogP contribution < -0.4 is 5.32 Å². The van der Waals surface area contributed by atoms with Crippen molar-refractivity contribution in [3.8, 4) is 5.75 Å². The van der Waals surface area contributed by atoms with Crippen molar-refractivity contribution in [2.75, 3.05) is 11.9 Å². The molecule has 0 aliphatic carbocycles. The van der Waals surface area contributed by atoms with Crippen LogP contribution in [-0.4, -0.2) is 64.9 Å². The van der Waals surface area contributed by atoms with Crippen LogP contribution in [0.1, 0.15) is 24.8 Å². The van der Waals surface area contributed by atoms with Crippen molar-refractivity contribution >= 4 is 17.0 Å². The van der Waals surface area contributed by atoms with E-state index in [0.717, 1.165) is 5.56 Å². The number of nitrogens with one attached hydrogen (secondary N) is 1. The summed E-state index contributed by atoms with van der Waals surface area (Å²) in [5.41, 5.74) is 1.85. The van der Waals surface area contributed by atoms with E-state index in [2.05, 4.69) is 20.3 Å². The zero-order valence-corrected chi connectivity index (χ0v) is 15.0. The highest BCUT2D eigenvalue weighted by Gasteiger charge is 2.44. The highest BCUT2D eigenvalue weighted by atomic mass is 16.6. The Hall–Kier alpha value is -2.79. The number of hydrogen-bond donors (Lipinski definition) is 5. The SMILES string of the molecule is CC(Nc1ncnc2c1ncn2[C@@H]1O[C@H](CO)C(O)C1O)c1ccc(O)cc1. The number of imidazole rings is 1. The Balaban J connectivity index is 1.63. The minimum Gasteiger partial charge on any atom is -0.508 e. The van der Waals surface area contributed by atoms with Gasteiger partial charge in [0.25, 0.3) is 0 Å². The molecule has 5 N–H and O–H groups in total. The van der Waals surface area contributed by atoms with Crippen molar-refractivity contribution in [2.24, 2.45) is 0 Å². The Labute approximate surface area is 160 Å². The zero-order valence-electron chi connectivity index (χ0n) is 15.0. The fourth-order valence-corrected chi connectivity index (χ4v) is 3.31. The second-order valence-electron chi connectivity index (χ2n) is 6.73. The van der Waals surface area contributed by atoms with Gasteiger partial charge in [0.15, 0.2) is 23.2 Å². The number of aromatic hydroxyl groups is 1. The molecule has 3 aromatic rings. The molecular formula is C18H21N5O5. The summed E-state index contributed by atoms with van der Waals surface area (Å²) in [6.07, 6.45) is -1.41. The van der Waals surface area contributed by atoms with Crippen LogP contribution in [0, 0.1) is 0 Å². The largest absolute Gasteiger partial charge is 0.508 e. The monoisotopic (exact) mass is 387 g/mol. The second kappa shape index (κ2) is 7.32. The number of phenols is 1. The molecule has 0 saturated carbocycles. The molecule has 0 amide bonds. The molecular weight excluding hydrogens is 366 g/mol. The average Bonchev–Trinajstić information content (AvgIpc) is 3.24. The van der Waals surface area contributed by atoms with Crippen LogP contribution in [0.15, 0.2) is 36.9 Å². The number of aliphatic hydroxyl groups excluding tert-OH is 3. The standard InChI is InChI=1S/C18H21N5O5/c1-9(10-2-4-11(25)5-3-10)22-16-13-17(20-7-19-16)23(8-21-13)18-15(27)14(26)12(6-24)28-18/h2-5,7-9,12,14-15,18,24-27H,6H2,1H3,(H,19,20,22)/t9?,12-,14?,15?,18-/m1/s1. The molecule has 3 unspecified atom stereocenters. The van der Waals surface area contributed by atoms with E-state index in [1.54, 1.807) is 12.1 Å². The zero-order chi connectivity index (χ0) is 19.8. The molecule has 1 fully saturated rings. The van der Waals surface area contributed by atoms with Gasteiger partial charge in [-0.15, -0.1) is 0 Å². The molecule has 28 heavy (non-hydrogen) atoms. The van der Waals surface area contributed by atoms with Crippen LogP contribution in [0.3, 0.4) is 0 Å². The summed E-state index contributed by atoms with van der Waals surface area (Å²) in [7, 11) is 0. The lowest BCUT2D eigenvalue weighted by Gasteiger charge is -2.17. The minimum absolute atomic E-state index is 0.113. The molecule has 3 heterocycles. The van der Waals surface area contributed by atoms with E-state index >= 15 is 0 Å². The van der Waals surface area contributed by atoms with Crippen molar-refractivity contribution in [2.45, 2.75) is 37.5 Å². The summed E-state index contributed by atoms with van der Waals surface area (Å²) in [6.45, 7) is 1.54. The first kappa shape index (κ1) is 18.6. The van der Waals surface area contributed by atoms with Crippen molar-refractivity contribution < 1.29 is 25.2 Å². The molecule has 10 heteroatoms. The second-order valence-corrected chi connectivity index (χ2v) is 6.73. The summed E-state index contributed by atoms with van der Waals surface area (Å²) in [5, 5.41) is 42.2. The van der Waals surface area contributed by atoms with E-state index in [9.17, 15) is 20.4 Å². The molecule has 0 bridgehead atoms. The number of anilines is 1. The van der Waals surface area contributed by atoms with Gasteiger partial charge < -0.3 is 30.5 Å². The lowest BCUT2D eigenvalue weighted by atomic mass is 10.1. The number of ether oxygens (including phenoxy) is 1. The van der Waals surface area contributed by atoms with Gasteiger partial charge in [0.1, 0.15) is 30.4 Å². The van der Waals surface area contributed by atoms with Crippen LogP contribution in [-0.2, 0) is 4.74 Å². The Morgan fingerprint density at radius 2 is 1.89 bits per heavy atom. The molecule has 0 spiro atoms. The topological polar surface area (TPSA) is 146 Å². The Bertz CT molecular complexity index is 963. The van der Waals surface area contributed by atoms with Gasteiger partial charge in [-0.3, -0.25) is 4.57 Å². The first-order chi connectivity index (χ1) is 13.5. The van der Waals surface area contributed by atoms with Gasteiger partial charge in [-0.05, 0) is 24.6 Å². The lowest BCUT2D eigenvalue weighted by Crippen LogP contribution is -2.33. The quantitative estimate of drug-likeness (QED) is 0.417. The number of rotatable bonds is 5. The number of aliphatic hydroxyl groups is 3. The Morgan fingerprint density at radius 3 is 2.57 bits per heavy atom. The molecule has 4 rings (SSSR count). The third-order valence-electron chi connectivity index (χ3n) is 4.90. The van der Waals surface area contributed by atoms with E-state index in [1.807, 2.05) is 19.1 Å². The van der Waals surface area contributed by atoms with Crippen LogP contribution in [0.2, 0.25) is 0 Å². The normalized spacial score (nSPS) is 25.9. The maximum Gasteiger partial charge on any atom is 0.167 e. The predicted octanol–water partition coefficient (Wildman–Crippen LogP) is 0.316. The molecule has 0 radical (unpaired) electrons. The first-order valence-corrected chi connectivity index (χ1v) is 8.85. The third kappa shape index (κ3) is 3.16. The van der Waals surface area contributed by atoms with E-state index < -0.39 is 31.1 Å². The van der Waals surface area contributed by atoms with Gasteiger partial charge in [0, 0.05) is 0 Å². The van der Waals surface area contributed by atoms with E-state index in [0.29, 0.717) is 17.0 Å². The molecule has 10 nitrogen and oxygen atoms in total. The van der Waals surface area contributed by atoms with Crippen molar-refractivity contribution in [3.05, 3.63) is 42.5 Å². The number of phenolic OH excluding ortho intramolecular Hbond substituents is 1. The highest BCUT2D eigenvalue weighted by molar-refractivity contribution is 5.82. The van der Waals surface area contributed by atoms with Crippen molar-refractivity contribution in [3.63, 3.8) is 0 Å². The molecule has 2 aromatic heterocycles. The maximum atomic E-state index is 10.3. The van der Waals surface area contributed by atoms with E-state index in [1.165, 1.54) is 17.2 Å². The summed E-state index contributed by atoms with van der Waals surface area (Å²) < 4.78 is 7.07. The van der Waals surface area contributed by atoms with Gasteiger partial charge in [0.05, 0.1) is 19.0 Å². The van der Waals surface area contributed by atoms with E-state index in [4.69, 9.17) is 4.74 Å². The Kier molecular flexibility index (Phi) is 4.85. The van der Waals surface area contributed by atoms with Gasteiger partial charge >= 0.3 is 0 Å². The molecule has 1 aliphatic heterocycles. The molecule has 148 valence electrons. The third-order valence-corrected chi connectivity index (χ3v) is 4.90. The molecule has 5 atom stereocenters. The van der Waals surface area contributed by atoms with Crippen molar-refractivity contribution in [1.82, 2.24) is 19.5 Å². The first-order valence-electron chi connectivity index (χ1n) is 8.85. The predicted molar refractivity (Wildman–Crippen MR) is 98.5 cm³/mol. The minimum atomic E-state index is -1.23. The number of benzene rings is 1. The summed E-state index contributed by atoms with van der Waals surface area (Å²) in [5.74, 6) is 0.689. The molecule has 1 aromatic carbocycles. The van der Waals surface area contributed by atoms with Crippen LogP contribution in [0.25, 0.3) is 11.2 Å². The number of aromatic nitrogens is 4. The Morgan fingerprint density at radius 1 is 1.14 bits per heavy atom. The van der Waals surface area contributed by atoms with Gasteiger partial charge in [-0.25, -0.2) is 15.0 Å². The molecule has 1 saturated heterocycles. The highest BCUT2D eigenvalue weighted by Crippen LogP contribution is 2.32. The fraction of sp³-hybridized carbons (Fsp3) is 0.389. The van der Waals surface area contributed by atoms with E-state index in [-0.39, 0.29) is 11.8 Å². The van der Waals surface area contributed by atoms with Gasteiger partial charge in [0.2, 0.25) is 0 Å². The number of hydrogen-bond acceptors (Lipinski definition) is 9. The average molecular weight is 387 g/mol. The van der Waals surface area contributed by atoms with Crippen LogP contribution in [0.5, 0.6) is 5.75 Å². The number of fused-ring (bicyclic) bond motifs is 1. The van der Waals surface area contributed by atoms with Crippen molar-refractivity contribution in [1.29, 1.82) is 0 Å². The maximum absolute atomic E-state index is 10.3. The summed E-state index contributed by atoms with van der Waals surface area (Å²) >= 11 is 0. The van der Waals surface area contributed by atoms with Gasteiger partial charge in [-0.2, -0.15) is 0 Å². The number of nitrogens with zero attached hydrogens (tertiary/aromatic N) is 4. The van der Waals surface area contributed by atoms with Crippen LogP contribution >= 0.6 is 0 Å². The summed E-state index contributed by atoms with van der Waals surface area (Å²) in [4.78, 5) is 12.8. The van der Waals surface area contributed by atoms with Crippen LogP contribution in [0.4, 0.5) is 5.82 Å². The summed E-state index contributed by atoms with van der Waals surface area (Å²) in [6, 6.07) is 6.73. The fourth-order valence-electron chi connectivity index (χ4n) is 3.31.